The molecule has 0 unspecified atom stereocenters. The van der Waals surface area contributed by atoms with Crippen LogP contribution in [0.5, 0.6) is 0 Å². The molecule has 2 aliphatic heterocycles. The van der Waals surface area contributed by atoms with Crippen molar-refractivity contribution in [3.63, 3.8) is 0 Å². The second-order valence-electron chi connectivity index (χ2n) is 7.72. The van der Waals surface area contributed by atoms with Crippen molar-refractivity contribution in [3.05, 3.63) is 11.6 Å². The van der Waals surface area contributed by atoms with Crippen LogP contribution in [0.4, 0.5) is 0 Å². The zero-order valence-electron chi connectivity index (χ0n) is 14.2. The van der Waals surface area contributed by atoms with Crippen LogP contribution < -0.4 is 0 Å². The first-order valence-corrected chi connectivity index (χ1v) is 8.28. The Morgan fingerprint density at radius 2 is 2.00 bits per heavy atom. The van der Waals surface area contributed by atoms with Crippen molar-refractivity contribution in [1.82, 2.24) is 24.6 Å². The molecule has 0 radical (unpaired) electrons. The lowest BCUT2D eigenvalue weighted by molar-refractivity contribution is -0.133. The monoisotopic (exact) mass is 305 g/mol. The molecule has 1 aromatic rings. The molecule has 0 aromatic carbocycles. The molecule has 0 N–H and O–H groups in total. The number of aromatic nitrogens is 3. The fourth-order valence-electron chi connectivity index (χ4n) is 3.47. The van der Waals surface area contributed by atoms with E-state index in [0.717, 1.165) is 37.8 Å². The third-order valence-electron chi connectivity index (χ3n) is 4.77. The summed E-state index contributed by atoms with van der Waals surface area (Å²) in [5, 5.41) is 8.55. The predicted octanol–water partition coefficient (Wildman–Crippen LogP) is 1.48. The molecule has 0 saturated carbocycles. The lowest BCUT2D eigenvalue weighted by Gasteiger charge is -2.30. The van der Waals surface area contributed by atoms with E-state index in [4.69, 9.17) is 0 Å². The Labute approximate surface area is 132 Å². The average Bonchev–Trinajstić information content (AvgIpc) is 3.01. The summed E-state index contributed by atoms with van der Waals surface area (Å²) >= 11 is 0. The molecule has 6 heteroatoms. The van der Waals surface area contributed by atoms with Gasteiger partial charge in [0.05, 0.1) is 13.1 Å². The van der Waals surface area contributed by atoms with Gasteiger partial charge in [-0.15, -0.1) is 10.2 Å². The van der Waals surface area contributed by atoms with Crippen molar-refractivity contribution in [3.8, 4) is 0 Å². The maximum Gasteiger partial charge on any atom is 0.237 e. The van der Waals surface area contributed by atoms with E-state index in [0.29, 0.717) is 24.4 Å². The lowest BCUT2D eigenvalue weighted by atomic mass is 9.93. The molecule has 0 bridgehead atoms. The Morgan fingerprint density at radius 3 is 2.64 bits per heavy atom. The van der Waals surface area contributed by atoms with Crippen LogP contribution >= 0.6 is 0 Å². The molecule has 0 atom stereocenters. The van der Waals surface area contributed by atoms with Gasteiger partial charge in [-0.05, 0) is 18.4 Å². The first-order valence-electron chi connectivity index (χ1n) is 8.28. The zero-order chi connectivity index (χ0) is 15.9. The summed E-state index contributed by atoms with van der Waals surface area (Å²) in [7, 11) is 0. The van der Waals surface area contributed by atoms with Crippen LogP contribution in [0.1, 0.15) is 51.7 Å². The number of rotatable bonds is 3. The standard InChI is InChI=1S/C16H27N5O/c1-12(2)15-18-17-13-9-20(7-8-21(13)15)14(22)10-19-6-5-16(3,4)11-19/h12H,5-11H2,1-4H3. The maximum atomic E-state index is 12.5. The summed E-state index contributed by atoms with van der Waals surface area (Å²) < 4.78 is 2.17. The molecule has 1 saturated heterocycles. The second kappa shape index (κ2) is 5.65. The van der Waals surface area contributed by atoms with E-state index >= 15 is 0 Å². The van der Waals surface area contributed by atoms with E-state index in [9.17, 15) is 4.79 Å². The smallest absolute Gasteiger partial charge is 0.237 e. The molecule has 1 aromatic heterocycles. The molecule has 3 rings (SSSR count). The van der Waals surface area contributed by atoms with Gasteiger partial charge < -0.3 is 9.47 Å². The second-order valence-corrected chi connectivity index (χ2v) is 7.72. The summed E-state index contributed by atoms with van der Waals surface area (Å²) in [4.78, 5) is 16.8. The SMILES string of the molecule is CC(C)c1nnc2n1CCN(C(=O)CN1CCC(C)(C)C1)C2. The third kappa shape index (κ3) is 3.02. The van der Waals surface area contributed by atoms with E-state index in [-0.39, 0.29) is 5.91 Å². The number of hydrogen-bond donors (Lipinski definition) is 0. The fourth-order valence-corrected chi connectivity index (χ4v) is 3.47. The summed E-state index contributed by atoms with van der Waals surface area (Å²) in [6.45, 7) is 13.6. The molecule has 122 valence electrons. The van der Waals surface area contributed by atoms with Gasteiger partial charge in [0, 0.05) is 25.6 Å². The molecule has 3 heterocycles. The average molecular weight is 305 g/mol. The topological polar surface area (TPSA) is 54.3 Å². The molecule has 6 nitrogen and oxygen atoms in total. The quantitative estimate of drug-likeness (QED) is 0.849. The van der Waals surface area contributed by atoms with Gasteiger partial charge in [-0.25, -0.2) is 0 Å². The van der Waals surface area contributed by atoms with E-state index in [1.807, 2.05) is 4.90 Å². The van der Waals surface area contributed by atoms with Crippen molar-refractivity contribution in [2.45, 2.75) is 53.1 Å². The summed E-state index contributed by atoms with van der Waals surface area (Å²) in [5.41, 5.74) is 0.342. The fraction of sp³-hybridized carbons (Fsp3) is 0.812. The van der Waals surface area contributed by atoms with Gasteiger partial charge in [0.1, 0.15) is 5.82 Å². The molecule has 1 amide bonds. The Balaban J connectivity index is 1.61. The molecule has 0 spiro atoms. The summed E-state index contributed by atoms with van der Waals surface area (Å²) in [6, 6.07) is 0. The van der Waals surface area contributed by atoms with Crippen LogP contribution in [-0.4, -0.2) is 56.7 Å². The van der Waals surface area contributed by atoms with E-state index < -0.39 is 0 Å². The third-order valence-corrected chi connectivity index (χ3v) is 4.77. The number of likely N-dealkylation sites (tertiary alicyclic amines) is 1. The predicted molar refractivity (Wildman–Crippen MR) is 84.4 cm³/mol. The molecule has 2 aliphatic rings. The van der Waals surface area contributed by atoms with E-state index in [1.54, 1.807) is 0 Å². The minimum Gasteiger partial charge on any atom is -0.332 e. The van der Waals surface area contributed by atoms with Gasteiger partial charge in [0.15, 0.2) is 5.82 Å². The van der Waals surface area contributed by atoms with Gasteiger partial charge in [0.25, 0.3) is 0 Å². The van der Waals surface area contributed by atoms with Crippen LogP contribution in [-0.2, 0) is 17.9 Å². The van der Waals surface area contributed by atoms with Gasteiger partial charge in [-0.1, -0.05) is 27.7 Å². The van der Waals surface area contributed by atoms with Crippen LogP contribution in [0.15, 0.2) is 0 Å². The minimum absolute atomic E-state index is 0.220. The number of carbonyl (C=O) groups is 1. The van der Waals surface area contributed by atoms with Crippen LogP contribution in [0, 0.1) is 5.41 Å². The molecular formula is C16H27N5O. The Morgan fingerprint density at radius 1 is 1.23 bits per heavy atom. The Kier molecular flexibility index (Phi) is 3.97. The highest BCUT2D eigenvalue weighted by Gasteiger charge is 2.32. The number of hydrogen-bond acceptors (Lipinski definition) is 4. The number of fused-ring (bicyclic) bond motifs is 1. The normalized spacial score (nSPS) is 21.4. The van der Waals surface area contributed by atoms with Gasteiger partial charge in [0.2, 0.25) is 5.91 Å². The van der Waals surface area contributed by atoms with Crippen molar-refractivity contribution in [2.75, 3.05) is 26.2 Å². The van der Waals surface area contributed by atoms with Crippen LogP contribution in [0.3, 0.4) is 0 Å². The highest BCUT2D eigenvalue weighted by atomic mass is 16.2. The summed E-state index contributed by atoms with van der Waals surface area (Å²) in [6.07, 6.45) is 1.17. The Hall–Kier alpha value is -1.43. The number of carbonyl (C=O) groups excluding carboxylic acids is 1. The van der Waals surface area contributed by atoms with Crippen molar-refractivity contribution in [2.24, 2.45) is 5.41 Å². The highest BCUT2D eigenvalue weighted by molar-refractivity contribution is 5.78. The number of amides is 1. The van der Waals surface area contributed by atoms with Gasteiger partial charge in [-0.2, -0.15) is 0 Å². The first-order chi connectivity index (χ1) is 10.4. The minimum atomic E-state index is 0.220. The van der Waals surface area contributed by atoms with Gasteiger partial charge >= 0.3 is 0 Å². The summed E-state index contributed by atoms with van der Waals surface area (Å²) in [5.74, 6) is 2.54. The van der Waals surface area contributed by atoms with Crippen molar-refractivity contribution >= 4 is 5.91 Å². The maximum absolute atomic E-state index is 12.5. The lowest BCUT2D eigenvalue weighted by Crippen LogP contribution is -2.44. The van der Waals surface area contributed by atoms with Gasteiger partial charge in [-0.3, -0.25) is 9.69 Å². The number of nitrogens with zero attached hydrogens (tertiary/aromatic N) is 5. The van der Waals surface area contributed by atoms with E-state index in [1.165, 1.54) is 6.42 Å². The largest absolute Gasteiger partial charge is 0.332 e. The molecule has 1 fully saturated rings. The van der Waals surface area contributed by atoms with Crippen molar-refractivity contribution < 1.29 is 4.79 Å². The Bertz CT molecular complexity index is 563. The van der Waals surface area contributed by atoms with Crippen LogP contribution in [0.2, 0.25) is 0 Å². The molecular weight excluding hydrogens is 278 g/mol. The highest BCUT2D eigenvalue weighted by Crippen LogP contribution is 2.28. The van der Waals surface area contributed by atoms with Crippen LogP contribution in [0.25, 0.3) is 0 Å². The van der Waals surface area contributed by atoms with E-state index in [2.05, 4.69) is 47.4 Å². The molecule has 0 aliphatic carbocycles. The molecule has 22 heavy (non-hydrogen) atoms. The zero-order valence-corrected chi connectivity index (χ0v) is 14.2. The first kappa shape index (κ1) is 15.5. The van der Waals surface area contributed by atoms with Crippen molar-refractivity contribution in [1.29, 1.82) is 0 Å².